The van der Waals surface area contributed by atoms with E-state index in [0.29, 0.717) is 47.3 Å². The quantitative estimate of drug-likeness (QED) is 0.206. The van der Waals surface area contributed by atoms with Gasteiger partial charge in [0.15, 0.2) is 16.7 Å². The molecule has 4 aromatic rings. The van der Waals surface area contributed by atoms with Gasteiger partial charge in [-0.25, -0.2) is 4.98 Å². The molecule has 1 amide bonds. The number of aryl methyl sites for hydroxylation is 1. The van der Waals surface area contributed by atoms with Crippen LogP contribution < -0.4 is 20.3 Å². The van der Waals surface area contributed by atoms with Gasteiger partial charge in [0.05, 0.1) is 36.9 Å². The minimum Gasteiger partial charge on any atom is -0.493 e. The highest BCUT2D eigenvalue weighted by molar-refractivity contribution is 7.99. The third-order valence-electron chi connectivity index (χ3n) is 5.37. The molecule has 180 valence electrons. The Bertz CT molecular complexity index is 1370. The number of nitrogens with zero attached hydrogens (tertiary/aromatic N) is 2. The molecule has 0 spiro atoms. The lowest BCUT2D eigenvalue weighted by molar-refractivity contribution is -0.118. The van der Waals surface area contributed by atoms with Crippen LogP contribution in [0.25, 0.3) is 10.9 Å². The molecule has 3 aromatic carbocycles. The lowest BCUT2D eigenvalue weighted by Gasteiger charge is -2.14. The summed E-state index contributed by atoms with van der Waals surface area (Å²) in [5.41, 5.74) is 2.64. The van der Waals surface area contributed by atoms with Crippen LogP contribution >= 0.6 is 11.8 Å². The number of thioether (sulfide) groups is 1. The Hall–Kier alpha value is -3.78. The predicted octanol–water partition coefficient (Wildman–Crippen LogP) is 4.05. The van der Waals surface area contributed by atoms with Gasteiger partial charge in [-0.2, -0.15) is 0 Å². The van der Waals surface area contributed by atoms with Crippen molar-refractivity contribution in [2.75, 3.05) is 26.0 Å². The van der Waals surface area contributed by atoms with E-state index in [1.165, 1.54) is 11.8 Å². The van der Waals surface area contributed by atoms with Crippen molar-refractivity contribution in [2.45, 2.75) is 18.6 Å². The van der Waals surface area contributed by atoms with Crippen LogP contribution in [0.3, 0.4) is 0 Å². The van der Waals surface area contributed by atoms with Gasteiger partial charge in [0.25, 0.3) is 5.56 Å². The minimum absolute atomic E-state index is 0.121. The first-order chi connectivity index (χ1) is 17.0. The zero-order valence-electron chi connectivity index (χ0n) is 19.7. The molecule has 1 heterocycles. The van der Waals surface area contributed by atoms with Gasteiger partial charge >= 0.3 is 0 Å². The highest BCUT2D eigenvalue weighted by Gasteiger charge is 2.14. The van der Waals surface area contributed by atoms with Gasteiger partial charge in [0.2, 0.25) is 5.91 Å². The summed E-state index contributed by atoms with van der Waals surface area (Å²) in [7, 11) is 1.58. The lowest BCUT2D eigenvalue weighted by atomic mass is 10.1. The number of ether oxygens (including phenoxy) is 2. The zero-order valence-corrected chi connectivity index (χ0v) is 20.5. The highest BCUT2D eigenvalue weighted by atomic mass is 32.2. The molecule has 0 aliphatic heterocycles. The summed E-state index contributed by atoms with van der Waals surface area (Å²) in [5, 5.41) is 3.91. The summed E-state index contributed by atoms with van der Waals surface area (Å²) in [6.45, 7) is 3.06. The van der Waals surface area contributed by atoms with E-state index in [1.54, 1.807) is 17.7 Å². The fourth-order valence-electron chi connectivity index (χ4n) is 3.54. The molecular weight excluding hydrogens is 462 g/mol. The number of amides is 1. The lowest BCUT2D eigenvalue weighted by Crippen LogP contribution is -2.30. The van der Waals surface area contributed by atoms with E-state index in [1.807, 2.05) is 73.7 Å². The monoisotopic (exact) mass is 489 g/mol. The number of hydrogen-bond acceptors (Lipinski definition) is 6. The van der Waals surface area contributed by atoms with Gasteiger partial charge in [0, 0.05) is 0 Å². The number of benzene rings is 3. The van der Waals surface area contributed by atoms with Crippen LogP contribution in [0.2, 0.25) is 0 Å². The van der Waals surface area contributed by atoms with E-state index < -0.39 is 0 Å². The summed E-state index contributed by atoms with van der Waals surface area (Å²) < 4.78 is 12.6. The van der Waals surface area contributed by atoms with Gasteiger partial charge < -0.3 is 14.8 Å². The first kappa shape index (κ1) is 24.3. The van der Waals surface area contributed by atoms with E-state index in [-0.39, 0.29) is 17.2 Å². The second-order valence-corrected chi connectivity index (χ2v) is 8.87. The number of carbonyl (C=O) groups is 1. The Labute approximate surface area is 208 Å². The number of methoxy groups -OCH3 is 1. The van der Waals surface area contributed by atoms with Gasteiger partial charge in [-0.1, -0.05) is 65.9 Å². The summed E-state index contributed by atoms with van der Waals surface area (Å²) in [6.07, 6.45) is 0. The standard InChI is InChI=1S/C27H27N3O4S/c1-19-11-13-20(14-12-19)17-30-26(32)21-7-3-4-8-22(21)29-27(30)35-18-25(31)28-15-16-34-24-10-6-5-9-23(24)33-2/h3-14H,15-18H2,1-2H3,(H,28,31). The van der Waals surface area contributed by atoms with Crippen molar-refractivity contribution >= 4 is 28.6 Å². The molecule has 0 aliphatic carbocycles. The van der Waals surface area contributed by atoms with Crippen molar-refractivity contribution in [3.8, 4) is 11.5 Å². The molecule has 0 radical (unpaired) electrons. The van der Waals surface area contributed by atoms with Gasteiger partial charge in [-0.05, 0) is 36.8 Å². The van der Waals surface area contributed by atoms with Crippen LogP contribution in [0.1, 0.15) is 11.1 Å². The zero-order chi connectivity index (χ0) is 24.6. The Morgan fingerprint density at radius 2 is 1.71 bits per heavy atom. The van der Waals surface area contributed by atoms with Crippen molar-refractivity contribution < 1.29 is 14.3 Å². The summed E-state index contributed by atoms with van der Waals surface area (Å²) in [4.78, 5) is 30.4. The number of rotatable bonds is 10. The molecule has 1 N–H and O–H groups in total. The topological polar surface area (TPSA) is 82.5 Å². The minimum atomic E-state index is -0.164. The molecule has 0 unspecified atom stereocenters. The van der Waals surface area contributed by atoms with E-state index in [9.17, 15) is 9.59 Å². The number of fused-ring (bicyclic) bond motifs is 1. The third-order valence-corrected chi connectivity index (χ3v) is 6.35. The highest BCUT2D eigenvalue weighted by Crippen LogP contribution is 2.25. The average Bonchev–Trinajstić information content (AvgIpc) is 2.88. The second-order valence-electron chi connectivity index (χ2n) is 7.93. The van der Waals surface area contributed by atoms with Crippen molar-refractivity contribution in [3.63, 3.8) is 0 Å². The first-order valence-corrected chi connectivity index (χ1v) is 12.2. The molecule has 0 aliphatic rings. The smallest absolute Gasteiger partial charge is 0.262 e. The molecule has 8 heteroatoms. The van der Waals surface area contributed by atoms with Crippen molar-refractivity contribution in [2.24, 2.45) is 0 Å². The average molecular weight is 490 g/mol. The maximum Gasteiger partial charge on any atom is 0.262 e. The number of nitrogens with one attached hydrogen (secondary N) is 1. The third kappa shape index (κ3) is 6.22. The molecule has 0 saturated heterocycles. The van der Waals surface area contributed by atoms with Crippen molar-refractivity contribution in [1.82, 2.24) is 14.9 Å². The van der Waals surface area contributed by atoms with Crippen LogP contribution in [0, 0.1) is 6.92 Å². The molecule has 0 saturated carbocycles. The van der Waals surface area contributed by atoms with E-state index >= 15 is 0 Å². The number of carbonyl (C=O) groups excluding carboxylic acids is 1. The Kier molecular flexibility index (Phi) is 8.05. The fourth-order valence-corrected chi connectivity index (χ4v) is 4.37. The largest absolute Gasteiger partial charge is 0.493 e. The molecule has 0 atom stereocenters. The summed E-state index contributed by atoms with van der Waals surface area (Å²) in [5.74, 6) is 1.23. The SMILES string of the molecule is COc1ccccc1OCCNC(=O)CSc1nc2ccccc2c(=O)n1Cc1ccc(C)cc1. The van der Waals surface area contributed by atoms with Crippen LogP contribution in [-0.4, -0.2) is 41.5 Å². The van der Waals surface area contributed by atoms with Crippen LogP contribution in [-0.2, 0) is 11.3 Å². The number of para-hydroxylation sites is 3. The van der Waals surface area contributed by atoms with Gasteiger partial charge in [-0.3, -0.25) is 14.2 Å². The molecule has 7 nitrogen and oxygen atoms in total. The molecule has 0 fully saturated rings. The van der Waals surface area contributed by atoms with Gasteiger partial charge in [0.1, 0.15) is 6.61 Å². The van der Waals surface area contributed by atoms with E-state index in [0.717, 1.165) is 11.1 Å². The van der Waals surface area contributed by atoms with Crippen molar-refractivity contribution in [3.05, 3.63) is 94.3 Å². The van der Waals surface area contributed by atoms with Crippen LogP contribution in [0.5, 0.6) is 11.5 Å². The van der Waals surface area contributed by atoms with Crippen LogP contribution in [0.4, 0.5) is 0 Å². The Balaban J connectivity index is 1.41. The predicted molar refractivity (Wildman–Crippen MR) is 139 cm³/mol. The number of hydrogen-bond donors (Lipinski definition) is 1. The Morgan fingerprint density at radius 3 is 2.49 bits per heavy atom. The van der Waals surface area contributed by atoms with Crippen LogP contribution in [0.15, 0.2) is 82.7 Å². The summed E-state index contributed by atoms with van der Waals surface area (Å²) in [6, 6.07) is 22.7. The number of aromatic nitrogens is 2. The summed E-state index contributed by atoms with van der Waals surface area (Å²) >= 11 is 1.25. The molecule has 35 heavy (non-hydrogen) atoms. The van der Waals surface area contributed by atoms with Crippen molar-refractivity contribution in [1.29, 1.82) is 0 Å². The molecule has 4 rings (SSSR count). The second kappa shape index (κ2) is 11.6. The van der Waals surface area contributed by atoms with E-state index in [4.69, 9.17) is 9.47 Å². The molecule has 1 aromatic heterocycles. The maximum atomic E-state index is 13.2. The van der Waals surface area contributed by atoms with E-state index in [2.05, 4.69) is 10.3 Å². The normalized spacial score (nSPS) is 10.8. The van der Waals surface area contributed by atoms with Gasteiger partial charge in [-0.15, -0.1) is 0 Å². The fraction of sp³-hybridized carbons (Fsp3) is 0.222. The first-order valence-electron chi connectivity index (χ1n) is 11.3. The maximum absolute atomic E-state index is 13.2. The molecule has 0 bridgehead atoms. The Morgan fingerprint density at radius 1 is 1.00 bits per heavy atom. The molecular formula is C27H27N3O4S.